The van der Waals surface area contributed by atoms with E-state index in [1.807, 2.05) is 30.3 Å². The third-order valence-electron chi connectivity index (χ3n) is 8.70. The summed E-state index contributed by atoms with van der Waals surface area (Å²) in [6.07, 6.45) is 1.39. The average molecular weight is 663 g/mol. The minimum Gasteiger partial charge on any atom is -0.493 e. The number of amides is 2. The van der Waals surface area contributed by atoms with Crippen LogP contribution >= 0.6 is 0 Å². The molecule has 7 rings (SSSR count). The number of nitrogens with one attached hydrogen (secondary N) is 2. The van der Waals surface area contributed by atoms with E-state index in [2.05, 4.69) is 25.5 Å². The Bertz CT molecular complexity index is 1990. The molecule has 1 fully saturated rings. The van der Waals surface area contributed by atoms with Crippen molar-refractivity contribution >= 4 is 39.9 Å². The molecule has 0 spiro atoms. The van der Waals surface area contributed by atoms with Crippen molar-refractivity contribution in [1.29, 1.82) is 0 Å². The lowest BCUT2D eigenvalue weighted by molar-refractivity contribution is -0.120. The Hall–Kier alpha value is -5.59. The molecular formula is C37H35FN6O5. The highest BCUT2D eigenvalue weighted by atomic mass is 19.1. The Labute approximate surface area is 282 Å². The van der Waals surface area contributed by atoms with E-state index in [0.29, 0.717) is 65.7 Å². The van der Waals surface area contributed by atoms with E-state index in [0.717, 1.165) is 25.2 Å². The van der Waals surface area contributed by atoms with Gasteiger partial charge in [-0.15, -0.1) is 0 Å². The number of aromatic nitrogens is 2. The molecule has 3 heterocycles. The summed E-state index contributed by atoms with van der Waals surface area (Å²) in [6, 6.07) is 23.4. The zero-order chi connectivity index (χ0) is 33.7. The van der Waals surface area contributed by atoms with E-state index in [-0.39, 0.29) is 17.3 Å². The first-order valence-electron chi connectivity index (χ1n) is 16.1. The van der Waals surface area contributed by atoms with Gasteiger partial charge in [0, 0.05) is 48.9 Å². The van der Waals surface area contributed by atoms with Crippen molar-refractivity contribution in [3.8, 4) is 11.5 Å². The number of benzene rings is 4. The van der Waals surface area contributed by atoms with Crippen LogP contribution in [0.4, 0.5) is 21.6 Å². The van der Waals surface area contributed by atoms with Gasteiger partial charge in [0.2, 0.25) is 0 Å². The molecule has 1 atom stereocenters. The quantitative estimate of drug-likeness (QED) is 0.187. The number of nitrogens with zero attached hydrogens (tertiary/aromatic N) is 4. The highest BCUT2D eigenvalue weighted by Gasteiger charge is 2.37. The summed E-state index contributed by atoms with van der Waals surface area (Å²) in [5.74, 6) is 0.125. The predicted molar refractivity (Wildman–Crippen MR) is 183 cm³/mol. The van der Waals surface area contributed by atoms with Gasteiger partial charge in [0.1, 0.15) is 30.6 Å². The maximum absolute atomic E-state index is 15.6. The first-order valence-corrected chi connectivity index (χ1v) is 16.1. The van der Waals surface area contributed by atoms with Crippen molar-refractivity contribution in [3.05, 3.63) is 114 Å². The van der Waals surface area contributed by atoms with Crippen LogP contribution in [0.3, 0.4) is 0 Å². The van der Waals surface area contributed by atoms with Crippen molar-refractivity contribution < 1.29 is 28.2 Å². The Kier molecular flexibility index (Phi) is 9.31. The summed E-state index contributed by atoms with van der Waals surface area (Å²) in [4.78, 5) is 39.7. The van der Waals surface area contributed by atoms with Gasteiger partial charge in [-0.05, 0) is 41.5 Å². The molecule has 2 amide bonds. The van der Waals surface area contributed by atoms with Crippen LogP contribution in [0.25, 0.3) is 10.9 Å². The van der Waals surface area contributed by atoms with Crippen molar-refractivity contribution in [2.75, 3.05) is 57.2 Å². The van der Waals surface area contributed by atoms with E-state index < -0.39 is 17.8 Å². The summed E-state index contributed by atoms with van der Waals surface area (Å²) in [5.41, 5.74) is 3.05. The molecule has 1 unspecified atom stereocenters. The smallest absolute Gasteiger partial charge is 0.255 e. The third-order valence-corrected chi connectivity index (χ3v) is 8.70. The molecule has 2 aliphatic heterocycles. The van der Waals surface area contributed by atoms with Gasteiger partial charge in [-0.3, -0.25) is 14.5 Å². The second-order valence-electron chi connectivity index (χ2n) is 11.8. The molecule has 11 nitrogen and oxygen atoms in total. The van der Waals surface area contributed by atoms with E-state index in [1.165, 1.54) is 23.4 Å². The number of carbonyl (C=O) groups excluding carboxylic acids is 2. The van der Waals surface area contributed by atoms with Gasteiger partial charge >= 0.3 is 0 Å². The Morgan fingerprint density at radius 2 is 1.78 bits per heavy atom. The van der Waals surface area contributed by atoms with Crippen molar-refractivity contribution in [3.63, 3.8) is 0 Å². The zero-order valence-electron chi connectivity index (χ0n) is 26.9. The van der Waals surface area contributed by atoms with Crippen LogP contribution in [-0.2, 0) is 16.1 Å². The molecule has 0 aliphatic carbocycles. The molecular weight excluding hydrogens is 627 g/mol. The lowest BCUT2D eigenvalue weighted by atomic mass is 10.0. The lowest BCUT2D eigenvalue weighted by Crippen LogP contribution is -2.38. The second kappa shape index (κ2) is 14.3. The van der Waals surface area contributed by atoms with Gasteiger partial charge in [0.15, 0.2) is 11.5 Å². The summed E-state index contributed by atoms with van der Waals surface area (Å²) in [7, 11) is 1.57. The largest absolute Gasteiger partial charge is 0.493 e. The molecule has 2 aliphatic rings. The molecule has 5 aromatic rings. The standard InChI is InChI=1S/C37H35FN6O5/c1-47-32-21-31-28(20-33(32)49-18-15-43-13-16-48-17-14-43)35(40-23-39-31)42-30-12-11-26(19-29(30)38)41-36(45)34(24-7-3-2-4-8-24)44-22-25-9-5-6-10-27(25)37(44)46/h2-12,19-21,23,34H,13-18,22H2,1H3,(H,41,45)(H,39,40,42). The minimum atomic E-state index is -0.920. The number of halogens is 1. The highest BCUT2D eigenvalue weighted by molar-refractivity contribution is 6.04. The van der Waals surface area contributed by atoms with Gasteiger partial charge in [-0.25, -0.2) is 14.4 Å². The zero-order valence-corrected chi connectivity index (χ0v) is 26.9. The average Bonchev–Trinajstić information content (AvgIpc) is 3.45. The summed E-state index contributed by atoms with van der Waals surface area (Å²) in [5, 5.41) is 6.50. The number of fused-ring (bicyclic) bond motifs is 2. The van der Waals surface area contributed by atoms with Gasteiger partial charge in [-0.2, -0.15) is 0 Å². The molecule has 0 bridgehead atoms. The normalized spacial score (nSPS) is 15.1. The van der Waals surface area contributed by atoms with Crippen LogP contribution in [0.2, 0.25) is 0 Å². The van der Waals surface area contributed by atoms with E-state index in [9.17, 15) is 9.59 Å². The number of hydrogen-bond donors (Lipinski definition) is 2. The van der Waals surface area contributed by atoms with Crippen LogP contribution in [0, 0.1) is 5.82 Å². The van der Waals surface area contributed by atoms with Crippen molar-refractivity contribution in [2.24, 2.45) is 0 Å². The number of methoxy groups -OCH3 is 1. The van der Waals surface area contributed by atoms with Crippen LogP contribution in [0.1, 0.15) is 27.5 Å². The molecule has 0 saturated carbocycles. The SMILES string of the molecule is COc1cc2ncnc(Nc3ccc(NC(=O)C(c4ccccc4)N4Cc5ccccc5C4=O)cc3F)c2cc1OCCN1CCOCC1. The number of anilines is 3. The van der Waals surface area contributed by atoms with Crippen LogP contribution in [0.15, 0.2) is 91.3 Å². The first-order chi connectivity index (χ1) is 24.0. The highest BCUT2D eigenvalue weighted by Crippen LogP contribution is 2.36. The molecule has 12 heteroatoms. The van der Waals surface area contributed by atoms with Crippen LogP contribution in [0.5, 0.6) is 11.5 Å². The van der Waals surface area contributed by atoms with E-state index >= 15 is 4.39 Å². The van der Waals surface area contributed by atoms with Gasteiger partial charge < -0.3 is 29.7 Å². The fourth-order valence-electron chi connectivity index (χ4n) is 6.17. The van der Waals surface area contributed by atoms with E-state index in [4.69, 9.17) is 14.2 Å². The molecule has 4 aromatic carbocycles. The first kappa shape index (κ1) is 32.0. The third kappa shape index (κ3) is 6.87. The Morgan fingerprint density at radius 1 is 0.980 bits per heavy atom. The van der Waals surface area contributed by atoms with Crippen molar-refractivity contribution in [2.45, 2.75) is 12.6 Å². The fourth-order valence-corrected chi connectivity index (χ4v) is 6.17. The fraction of sp³-hybridized carbons (Fsp3) is 0.243. The Balaban J connectivity index is 1.09. The van der Waals surface area contributed by atoms with Gasteiger partial charge in [0.25, 0.3) is 11.8 Å². The topological polar surface area (TPSA) is 118 Å². The van der Waals surface area contributed by atoms with Crippen LogP contribution in [-0.4, -0.2) is 78.1 Å². The summed E-state index contributed by atoms with van der Waals surface area (Å²) >= 11 is 0. The number of rotatable bonds is 11. The molecule has 1 saturated heterocycles. The second-order valence-corrected chi connectivity index (χ2v) is 11.8. The molecule has 2 N–H and O–H groups in total. The van der Waals surface area contributed by atoms with Crippen LogP contribution < -0.4 is 20.1 Å². The lowest BCUT2D eigenvalue weighted by Gasteiger charge is -2.27. The number of carbonyl (C=O) groups is 2. The molecule has 250 valence electrons. The number of morpholine rings is 1. The summed E-state index contributed by atoms with van der Waals surface area (Å²) < 4.78 is 32.7. The van der Waals surface area contributed by atoms with Crippen molar-refractivity contribution in [1.82, 2.24) is 19.8 Å². The van der Waals surface area contributed by atoms with E-state index in [1.54, 1.807) is 49.6 Å². The Morgan fingerprint density at radius 3 is 2.55 bits per heavy atom. The monoisotopic (exact) mass is 662 g/mol. The summed E-state index contributed by atoms with van der Waals surface area (Å²) in [6.45, 7) is 4.60. The minimum absolute atomic E-state index is 0.147. The number of ether oxygens (including phenoxy) is 3. The molecule has 49 heavy (non-hydrogen) atoms. The molecule has 1 aromatic heterocycles. The molecule has 0 radical (unpaired) electrons. The maximum Gasteiger partial charge on any atom is 0.255 e. The number of hydrogen-bond acceptors (Lipinski definition) is 9. The van der Waals surface area contributed by atoms with Gasteiger partial charge in [-0.1, -0.05) is 48.5 Å². The maximum atomic E-state index is 15.6. The van der Waals surface area contributed by atoms with Gasteiger partial charge in [0.05, 0.1) is 31.5 Å². The predicted octanol–water partition coefficient (Wildman–Crippen LogP) is 5.57.